The molecule has 1 aromatic rings. The molecule has 0 aliphatic rings. The number of benzene rings is 1. The van der Waals surface area contributed by atoms with Crippen LogP contribution in [0.2, 0.25) is 0 Å². The summed E-state index contributed by atoms with van der Waals surface area (Å²) in [5.41, 5.74) is 1.24. The maximum absolute atomic E-state index is 11.7. The van der Waals surface area contributed by atoms with Crippen molar-refractivity contribution in [1.82, 2.24) is 0 Å². The number of nitrogens with one attached hydrogen (secondary N) is 1. The highest BCUT2D eigenvalue weighted by Gasteiger charge is 2.11. The summed E-state index contributed by atoms with van der Waals surface area (Å²) < 4.78 is 0. The Bertz CT molecular complexity index is 407. The second-order valence-corrected chi connectivity index (χ2v) is 3.87. The average Bonchev–Trinajstić information content (AvgIpc) is 2.29. The number of nitriles is 1. The third-order valence-corrected chi connectivity index (χ3v) is 2.43. The molecule has 3 nitrogen and oxygen atoms in total. The number of anilines is 1. The fraction of sp³-hybridized carbons (Fsp3) is 0.385. The van der Waals surface area contributed by atoms with E-state index >= 15 is 0 Å². The van der Waals surface area contributed by atoms with Crippen molar-refractivity contribution in [2.75, 3.05) is 5.32 Å². The molecule has 0 aliphatic carbocycles. The first kappa shape index (κ1) is 12.3. The molecule has 16 heavy (non-hydrogen) atoms. The van der Waals surface area contributed by atoms with Gasteiger partial charge in [0.15, 0.2) is 0 Å². The lowest BCUT2D eigenvalue weighted by Gasteiger charge is -2.10. The molecule has 3 heteroatoms. The van der Waals surface area contributed by atoms with E-state index in [0.29, 0.717) is 11.3 Å². The first-order valence-corrected chi connectivity index (χ1v) is 5.48. The summed E-state index contributed by atoms with van der Waals surface area (Å²) in [4.78, 5) is 11.7. The minimum atomic E-state index is 0.00995. The maximum atomic E-state index is 11.7. The minimum absolute atomic E-state index is 0.00995. The lowest BCUT2D eigenvalue weighted by atomic mass is 10.1. The SMILES string of the molecule is CCCC(C)C(=O)Nc1cccc(C#N)c1. The zero-order chi connectivity index (χ0) is 12.0. The van der Waals surface area contributed by atoms with E-state index in [-0.39, 0.29) is 11.8 Å². The molecule has 0 aliphatic heterocycles. The summed E-state index contributed by atoms with van der Waals surface area (Å²) in [5.74, 6) is 0.0210. The second-order valence-electron chi connectivity index (χ2n) is 3.87. The van der Waals surface area contributed by atoms with Crippen molar-refractivity contribution in [1.29, 1.82) is 5.26 Å². The molecule has 1 amide bonds. The van der Waals surface area contributed by atoms with E-state index in [9.17, 15) is 4.79 Å². The van der Waals surface area contributed by atoms with E-state index in [2.05, 4.69) is 12.2 Å². The van der Waals surface area contributed by atoms with Crippen molar-refractivity contribution in [3.8, 4) is 6.07 Å². The van der Waals surface area contributed by atoms with E-state index < -0.39 is 0 Å². The predicted octanol–water partition coefficient (Wildman–Crippen LogP) is 2.93. The van der Waals surface area contributed by atoms with Gasteiger partial charge in [0.1, 0.15) is 0 Å². The van der Waals surface area contributed by atoms with Gasteiger partial charge < -0.3 is 5.32 Å². The number of rotatable bonds is 4. The molecule has 0 saturated carbocycles. The number of carbonyl (C=O) groups excluding carboxylic acids is 1. The van der Waals surface area contributed by atoms with Crippen molar-refractivity contribution in [3.05, 3.63) is 29.8 Å². The van der Waals surface area contributed by atoms with E-state index in [0.717, 1.165) is 12.8 Å². The Hall–Kier alpha value is -1.82. The van der Waals surface area contributed by atoms with Crippen LogP contribution in [0.25, 0.3) is 0 Å². The van der Waals surface area contributed by atoms with Crippen LogP contribution >= 0.6 is 0 Å². The molecule has 1 rings (SSSR count). The molecule has 0 fully saturated rings. The molecule has 0 saturated heterocycles. The molecule has 0 aromatic heterocycles. The molecular weight excluding hydrogens is 200 g/mol. The van der Waals surface area contributed by atoms with Crippen molar-refractivity contribution >= 4 is 11.6 Å². The highest BCUT2D eigenvalue weighted by molar-refractivity contribution is 5.92. The van der Waals surface area contributed by atoms with Gasteiger partial charge in [-0.25, -0.2) is 0 Å². The summed E-state index contributed by atoms with van der Waals surface area (Å²) in [7, 11) is 0. The van der Waals surface area contributed by atoms with Crippen LogP contribution in [0, 0.1) is 17.2 Å². The molecule has 0 spiro atoms. The monoisotopic (exact) mass is 216 g/mol. The Kier molecular flexibility index (Phi) is 4.53. The third kappa shape index (κ3) is 3.39. The van der Waals surface area contributed by atoms with E-state index in [1.165, 1.54) is 0 Å². The van der Waals surface area contributed by atoms with Gasteiger partial charge in [0.05, 0.1) is 11.6 Å². The molecule has 0 bridgehead atoms. The van der Waals surface area contributed by atoms with Gasteiger partial charge in [-0.3, -0.25) is 4.79 Å². The van der Waals surface area contributed by atoms with E-state index in [1.54, 1.807) is 24.3 Å². The minimum Gasteiger partial charge on any atom is -0.326 e. The zero-order valence-electron chi connectivity index (χ0n) is 9.66. The van der Waals surface area contributed by atoms with Crippen LogP contribution in [0.3, 0.4) is 0 Å². The van der Waals surface area contributed by atoms with Crippen LogP contribution in [0.5, 0.6) is 0 Å². The topological polar surface area (TPSA) is 52.9 Å². The highest BCUT2D eigenvalue weighted by atomic mass is 16.1. The molecule has 1 unspecified atom stereocenters. The van der Waals surface area contributed by atoms with Crippen LogP contribution in [-0.2, 0) is 4.79 Å². The van der Waals surface area contributed by atoms with Gasteiger partial charge in [0.2, 0.25) is 5.91 Å². The van der Waals surface area contributed by atoms with Gasteiger partial charge in [0, 0.05) is 11.6 Å². The van der Waals surface area contributed by atoms with E-state index in [4.69, 9.17) is 5.26 Å². The number of amides is 1. The molecule has 0 radical (unpaired) electrons. The number of hydrogen-bond acceptors (Lipinski definition) is 2. The Morgan fingerprint density at radius 3 is 2.94 bits per heavy atom. The van der Waals surface area contributed by atoms with Crippen LogP contribution in [0.15, 0.2) is 24.3 Å². The first-order valence-electron chi connectivity index (χ1n) is 5.48. The first-order chi connectivity index (χ1) is 7.67. The normalized spacial score (nSPS) is 11.6. The molecular formula is C13H16N2O. The Labute approximate surface area is 96.1 Å². The van der Waals surface area contributed by atoms with Crippen molar-refractivity contribution in [2.24, 2.45) is 5.92 Å². The molecule has 84 valence electrons. The lowest BCUT2D eigenvalue weighted by molar-refractivity contribution is -0.119. The van der Waals surface area contributed by atoms with Crippen LogP contribution in [-0.4, -0.2) is 5.91 Å². The molecule has 1 aromatic carbocycles. The highest BCUT2D eigenvalue weighted by Crippen LogP contribution is 2.13. The van der Waals surface area contributed by atoms with Gasteiger partial charge in [-0.05, 0) is 24.6 Å². The number of carbonyl (C=O) groups is 1. The molecule has 0 heterocycles. The zero-order valence-corrected chi connectivity index (χ0v) is 9.66. The Morgan fingerprint density at radius 2 is 2.31 bits per heavy atom. The molecule has 1 N–H and O–H groups in total. The second kappa shape index (κ2) is 5.92. The molecule has 1 atom stereocenters. The predicted molar refractivity (Wildman–Crippen MR) is 63.9 cm³/mol. The standard InChI is InChI=1S/C13H16N2O/c1-3-5-10(2)13(16)15-12-7-4-6-11(8-12)9-14/h4,6-8,10H,3,5H2,1-2H3,(H,15,16). The van der Waals surface area contributed by atoms with Crippen molar-refractivity contribution in [3.63, 3.8) is 0 Å². The van der Waals surface area contributed by atoms with Gasteiger partial charge in [-0.15, -0.1) is 0 Å². The summed E-state index contributed by atoms with van der Waals surface area (Å²) in [5, 5.41) is 11.5. The Morgan fingerprint density at radius 1 is 1.56 bits per heavy atom. The number of hydrogen-bond donors (Lipinski definition) is 1. The van der Waals surface area contributed by atoms with Crippen LogP contribution in [0.1, 0.15) is 32.3 Å². The average molecular weight is 216 g/mol. The summed E-state index contributed by atoms with van der Waals surface area (Å²) in [6.07, 6.45) is 1.87. The summed E-state index contributed by atoms with van der Waals surface area (Å²) >= 11 is 0. The van der Waals surface area contributed by atoms with Crippen molar-refractivity contribution < 1.29 is 4.79 Å². The van der Waals surface area contributed by atoms with Gasteiger partial charge in [-0.1, -0.05) is 26.3 Å². The summed E-state index contributed by atoms with van der Waals surface area (Å²) in [6.45, 7) is 3.97. The van der Waals surface area contributed by atoms with Gasteiger partial charge in [-0.2, -0.15) is 5.26 Å². The number of nitrogens with zero attached hydrogens (tertiary/aromatic N) is 1. The Balaban J connectivity index is 2.66. The lowest BCUT2D eigenvalue weighted by Crippen LogP contribution is -2.20. The van der Waals surface area contributed by atoms with Gasteiger partial charge >= 0.3 is 0 Å². The van der Waals surface area contributed by atoms with Crippen LogP contribution < -0.4 is 5.32 Å². The fourth-order valence-electron chi connectivity index (χ4n) is 1.50. The van der Waals surface area contributed by atoms with E-state index in [1.807, 2.05) is 13.0 Å². The third-order valence-electron chi connectivity index (χ3n) is 2.43. The maximum Gasteiger partial charge on any atom is 0.227 e. The van der Waals surface area contributed by atoms with Gasteiger partial charge in [0.25, 0.3) is 0 Å². The summed E-state index contributed by atoms with van der Waals surface area (Å²) in [6, 6.07) is 8.99. The quantitative estimate of drug-likeness (QED) is 0.841. The van der Waals surface area contributed by atoms with Crippen molar-refractivity contribution in [2.45, 2.75) is 26.7 Å². The largest absolute Gasteiger partial charge is 0.326 e. The smallest absolute Gasteiger partial charge is 0.227 e. The fourth-order valence-corrected chi connectivity index (χ4v) is 1.50. The van der Waals surface area contributed by atoms with Crippen LogP contribution in [0.4, 0.5) is 5.69 Å².